The van der Waals surface area contributed by atoms with Gasteiger partial charge in [-0.2, -0.15) is 0 Å². The first kappa shape index (κ1) is 15.6. The molecule has 4 rings (SSSR count). The summed E-state index contributed by atoms with van der Waals surface area (Å²) in [5, 5.41) is 3.87. The zero-order valence-electron chi connectivity index (χ0n) is 13.4. The van der Waals surface area contributed by atoms with E-state index in [4.69, 9.17) is 16.3 Å². The van der Waals surface area contributed by atoms with Crippen molar-refractivity contribution in [3.05, 3.63) is 40.9 Å². The van der Waals surface area contributed by atoms with Crippen LogP contribution in [-0.4, -0.2) is 41.3 Å². The summed E-state index contributed by atoms with van der Waals surface area (Å²) >= 11 is 6.13. The molecule has 24 heavy (non-hydrogen) atoms. The first-order valence-electron chi connectivity index (χ1n) is 8.34. The molecule has 0 amide bonds. The lowest BCUT2D eigenvalue weighted by Crippen LogP contribution is -2.37. The van der Waals surface area contributed by atoms with Crippen molar-refractivity contribution in [1.82, 2.24) is 15.0 Å². The molecule has 3 heterocycles. The molecule has 7 heteroatoms. The molecular formula is C17H20ClN5O. The normalized spacial score (nSPS) is 17.8. The molecule has 2 aliphatic rings. The Morgan fingerprint density at radius 3 is 2.88 bits per heavy atom. The van der Waals surface area contributed by atoms with E-state index in [9.17, 15) is 0 Å². The highest BCUT2D eigenvalue weighted by Crippen LogP contribution is 2.38. The van der Waals surface area contributed by atoms with Crippen molar-refractivity contribution >= 4 is 23.2 Å². The summed E-state index contributed by atoms with van der Waals surface area (Å²) in [4.78, 5) is 15.7. The Labute approximate surface area is 146 Å². The topological polar surface area (TPSA) is 63.2 Å². The number of pyridine rings is 1. The van der Waals surface area contributed by atoms with E-state index in [1.54, 1.807) is 6.07 Å². The zero-order valence-corrected chi connectivity index (χ0v) is 14.2. The van der Waals surface area contributed by atoms with E-state index in [-0.39, 0.29) is 0 Å². The van der Waals surface area contributed by atoms with Crippen LogP contribution in [0.4, 0.5) is 11.6 Å². The summed E-state index contributed by atoms with van der Waals surface area (Å²) in [5.41, 5.74) is 1.14. The van der Waals surface area contributed by atoms with Crippen molar-refractivity contribution in [2.45, 2.75) is 25.3 Å². The second kappa shape index (κ2) is 6.91. The molecule has 0 unspecified atom stereocenters. The summed E-state index contributed by atoms with van der Waals surface area (Å²) < 4.78 is 5.43. The maximum atomic E-state index is 6.13. The Balaban J connectivity index is 1.49. The standard InChI is InChI=1S/C17H20ClN5O/c18-14-10-15(22-16(21-14)12-3-4-12)20-11-13-2-1-5-19-17(13)23-6-8-24-9-7-23/h1-2,5,10,12H,3-4,6-9,11H2,(H,20,21,22). The molecule has 0 spiro atoms. The minimum atomic E-state index is 0.478. The van der Waals surface area contributed by atoms with E-state index in [0.29, 0.717) is 17.6 Å². The first-order chi connectivity index (χ1) is 11.8. The summed E-state index contributed by atoms with van der Waals surface area (Å²) in [6, 6.07) is 5.83. The van der Waals surface area contributed by atoms with E-state index in [0.717, 1.165) is 62.2 Å². The summed E-state index contributed by atoms with van der Waals surface area (Å²) in [6.07, 6.45) is 4.15. The Morgan fingerprint density at radius 1 is 1.25 bits per heavy atom. The number of hydrogen-bond acceptors (Lipinski definition) is 6. The minimum Gasteiger partial charge on any atom is -0.378 e. The van der Waals surface area contributed by atoms with Gasteiger partial charge in [-0.15, -0.1) is 0 Å². The van der Waals surface area contributed by atoms with Gasteiger partial charge in [-0.05, 0) is 18.9 Å². The Hall–Kier alpha value is -1.92. The Bertz CT molecular complexity index is 716. The van der Waals surface area contributed by atoms with Crippen LogP contribution in [0.1, 0.15) is 30.1 Å². The molecule has 0 bridgehead atoms. The molecule has 1 saturated carbocycles. The average molecular weight is 346 g/mol. The summed E-state index contributed by atoms with van der Waals surface area (Å²) in [6.45, 7) is 3.88. The van der Waals surface area contributed by atoms with Crippen LogP contribution in [0.25, 0.3) is 0 Å². The SMILES string of the molecule is Clc1cc(NCc2cccnc2N2CCOCC2)nc(C2CC2)n1. The number of morpholine rings is 1. The van der Waals surface area contributed by atoms with Crippen LogP contribution in [0.3, 0.4) is 0 Å². The predicted octanol–water partition coefficient (Wildman–Crippen LogP) is 2.85. The molecule has 1 aliphatic heterocycles. The molecule has 2 fully saturated rings. The largest absolute Gasteiger partial charge is 0.378 e. The monoisotopic (exact) mass is 345 g/mol. The lowest BCUT2D eigenvalue weighted by molar-refractivity contribution is 0.122. The van der Waals surface area contributed by atoms with Gasteiger partial charge >= 0.3 is 0 Å². The molecule has 2 aromatic rings. The quantitative estimate of drug-likeness (QED) is 0.841. The predicted molar refractivity (Wildman–Crippen MR) is 93.6 cm³/mol. The lowest BCUT2D eigenvalue weighted by atomic mass is 10.2. The van der Waals surface area contributed by atoms with Crippen molar-refractivity contribution in [1.29, 1.82) is 0 Å². The third kappa shape index (κ3) is 3.60. The number of rotatable bonds is 5. The van der Waals surface area contributed by atoms with Crippen molar-refractivity contribution in [3.8, 4) is 0 Å². The van der Waals surface area contributed by atoms with Crippen LogP contribution >= 0.6 is 11.6 Å². The highest BCUT2D eigenvalue weighted by molar-refractivity contribution is 6.29. The fraction of sp³-hybridized carbons (Fsp3) is 0.471. The molecule has 0 aromatic carbocycles. The molecule has 2 aromatic heterocycles. The maximum absolute atomic E-state index is 6.13. The molecule has 6 nitrogen and oxygen atoms in total. The number of aromatic nitrogens is 3. The summed E-state index contributed by atoms with van der Waals surface area (Å²) in [5.74, 6) is 3.11. The molecule has 126 valence electrons. The highest BCUT2D eigenvalue weighted by Gasteiger charge is 2.27. The van der Waals surface area contributed by atoms with Gasteiger partial charge in [0.25, 0.3) is 0 Å². The molecule has 1 aliphatic carbocycles. The van der Waals surface area contributed by atoms with Gasteiger partial charge in [-0.1, -0.05) is 17.7 Å². The van der Waals surface area contributed by atoms with Gasteiger partial charge in [0.2, 0.25) is 0 Å². The van der Waals surface area contributed by atoms with Crippen LogP contribution in [-0.2, 0) is 11.3 Å². The third-order valence-electron chi connectivity index (χ3n) is 4.29. The first-order valence-corrected chi connectivity index (χ1v) is 8.72. The molecule has 1 N–H and O–H groups in total. The van der Waals surface area contributed by atoms with E-state index >= 15 is 0 Å². The fourth-order valence-electron chi connectivity index (χ4n) is 2.86. The highest BCUT2D eigenvalue weighted by atomic mass is 35.5. The molecule has 1 saturated heterocycles. The molecular weight excluding hydrogens is 326 g/mol. The van der Waals surface area contributed by atoms with Crippen LogP contribution < -0.4 is 10.2 Å². The number of ether oxygens (including phenoxy) is 1. The van der Waals surface area contributed by atoms with Gasteiger partial charge in [-0.3, -0.25) is 0 Å². The van der Waals surface area contributed by atoms with E-state index in [1.807, 2.05) is 12.3 Å². The smallest absolute Gasteiger partial charge is 0.135 e. The van der Waals surface area contributed by atoms with Crippen LogP contribution in [0, 0.1) is 0 Å². The van der Waals surface area contributed by atoms with E-state index in [2.05, 4.69) is 31.2 Å². The van der Waals surface area contributed by atoms with Gasteiger partial charge < -0.3 is 15.0 Å². The molecule has 0 radical (unpaired) electrons. The number of nitrogens with one attached hydrogen (secondary N) is 1. The van der Waals surface area contributed by atoms with Crippen molar-refractivity contribution in [2.24, 2.45) is 0 Å². The number of anilines is 2. The second-order valence-corrected chi connectivity index (χ2v) is 6.53. The number of hydrogen-bond donors (Lipinski definition) is 1. The minimum absolute atomic E-state index is 0.478. The Morgan fingerprint density at radius 2 is 2.08 bits per heavy atom. The number of halogens is 1. The van der Waals surface area contributed by atoms with E-state index in [1.165, 1.54) is 0 Å². The van der Waals surface area contributed by atoms with Gasteiger partial charge in [0.05, 0.1) is 13.2 Å². The van der Waals surface area contributed by atoms with Crippen molar-refractivity contribution in [3.63, 3.8) is 0 Å². The third-order valence-corrected chi connectivity index (χ3v) is 4.49. The fourth-order valence-corrected chi connectivity index (χ4v) is 3.05. The van der Waals surface area contributed by atoms with Gasteiger partial charge in [-0.25, -0.2) is 15.0 Å². The number of nitrogens with zero attached hydrogens (tertiary/aromatic N) is 4. The summed E-state index contributed by atoms with van der Waals surface area (Å²) in [7, 11) is 0. The van der Waals surface area contributed by atoms with Crippen LogP contribution in [0.2, 0.25) is 5.15 Å². The zero-order chi connectivity index (χ0) is 16.4. The average Bonchev–Trinajstić information content (AvgIpc) is 3.46. The van der Waals surface area contributed by atoms with Gasteiger partial charge in [0.15, 0.2) is 0 Å². The van der Waals surface area contributed by atoms with E-state index < -0.39 is 0 Å². The molecule has 0 atom stereocenters. The van der Waals surface area contributed by atoms with Gasteiger partial charge in [0.1, 0.15) is 22.6 Å². The second-order valence-electron chi connectivity index (χ2n) is 6.15. The Kier molecular flexibility index (Phi) is 4.49. The van der Waals surface area contributed by atoms with Crippen molar-refractivity contribution in [2.75, 3.05) is 36.5 Å². The maximum Gasteiger partial charge on any atom is 0.135 e. The van der Waals surface area contributed by atoms with Crippen LogP contribution in [0.5, 0.6) is 0 Å². The van der Waals surface area contributed by atoms with Gasteiger partial charge in [0, 0.05) is 43.4 Å². The van der Waals surface area contributed by atoms with Crippen LogP contribution in [0.15, 0.2) is 24.4 Å². The lowest BCUT2D eigenvalue weighted by Gasteiger charge is -2.29. The van der Waals surface area contributed by atoms with Crippen molar-refractivity contribution < 1.29 is 4.74 Å².